The lowest BCUT2D eigenvalue weighted by Crippen LogP contribution is -2.28. The van der Waals surface area contributed by atoms with Crippen LogP contribution in [0, 0.1) is 11.4 Å². The van der Waals surface area contributed by atoms with Crippen molar-refractivity contribution < 1.29 is 85.2 Å². The second-order valence-corrected chi connectivity index (χ2v) is 19.6. The molecular weight excluding hydrogens is 929 g/mol. The van der Waals surface area contributed by atoms with Gasteiger partial charge in [-0.1, -0.05) is 0 Å². The molecule has 0 radical (unpaired) electrons. The molecule has 0 amide bonds. The molecule has 60 heavy (non-hydrogen) atoms. The van der Waals surface area contributed by atoms with Crippen LogP contribution in [0.25, 0.3) is 10.8 Å². The van der Waals surface area contributed by atoms with Crippen molar-refractivity contribution in [2.45, 2.75) is 24.5 Å². The number of rotatable bonds is 16. The third-order valence-corrected chi connectivity index (χ3v) is 12.7. The molecule has 0 saturated heterocycles. The zero-order valence-electron chi connectivity index (χ0n) is 29.9. The number of phenolic OH excluding ortho intramolecular Hbond substituents is 1. The molecule has 4 rings (SSSR count). The Morgan fingerprint density at radius 1 is 0.750 bits per heavy atom. The van der Waals surface area contributed by atoms with Crippen molar-refractivity contribution >= 4 is 102 Å². The average Bonchev–Trinajstić information content (AvgIpc) is 3.11. The summed E-state index contributed by atoms with van der Waals surface area (Å²) in [6.45, 7) is 0.160. The van der Waals surface area contributed by atoms with Gasteiger partial charge in [0.1, 0.15) is 31.7 Å². The number of sulfone groups is 1. The van der Waals surface area contributed by atoms with Crippen LogP contribution < -0.4 is 5.73 Å². The average molecular weight is 959 g/mol. The number of aromatic hydroxyl groups is 1. The first-order valence-corrected chi connectivity index (χ1v) is 23.5. The number of nitrogen functional groups attached to an aromatic ring is 1. The van der Waals surface area contributed by atoms with Crippen LogP contribution in [0.4, 0.5) is 28.4 Å². The zero-order chi connectivity index (χ0) is 44.1. The summed E-state index contributed by atoms with van der Waals surface area (Å²) in [6.07, 6.45) is 1.71. The number of likely N-dealkylation sites (N-methyl/N-ethyl adjacent to an activating group) is 1. The lowest BCUT2D eigenvalue weighted by molar-refractivity contribution is -0.135. The van der Waals surface area contributed by atoms with Crippen molar-refractivity contribution in [3.05, 3.63) is 54.6 Å². The molecular formula is C29H30N6O19S6. The minimum absolute atomic E-state index is 0. The summed E-state index contributed by atoms with van der Waals surface area (Å²) in [5.41, 5.74) is 3.06. The lowest BCUT2D eigenvalue weighted by atomic mass is 10.0. The van der Waals surface area contributed by atoms with E-state index in [0.717, 1.165) is 30.3 Å². The quantitative estimate of drug-likeness (QED) is 0.0161. The number of hydrogen-bond acceptors (Lipinski definition) is 21. The first kappa shape index (κ1) is 49.4. The molecule has 4 aromatic carbocycles. The van der Waals surface area contributed by atoms with E-state index in [4.69, 9.17) is 15.4 Å². The number of thioether (sulfide) groups is 1. The molecule has 31 heteroatoms. The molecule has 0 spiro atoms. The summed E-state index contributed by atoms with van der Waals surface area (Å²) in [7, 11) is -23.0. The van der Waals surface area contributed by atoms with Gasteiger partial charge in [0.25, 0.3) is 30.4 Å². The van der Waals surface area contributed by atoms with Crippen LogP contribution in [0.15, 0.2) is 99.5 Å². The first-order valence-electron chi connectivity index (χ1n) is 15.4. The van der Waals surface area contributed by atoms with Gasteiger partial charge in [0.15, 0.2) is 21.7 Å². The number of benzene rings is 4. The van der Waals surface area contributed by atoms with Crippen molar-refractivity contribution in [3.8, 4) is 17.1 Å². The van der Waals surface area contributed by atoms with E-state index in [1.165, 1.54) is 12.1 Å². The van der Waals surface area contributed by atoms with Crippen LogP contribution in [0.2, 0.25) is 0 Å². The Labute approximate surface area is 344 Å². The van der Waals surface area contributed by atoms with Crippen LogP contribution in [0.1, 0.15) is 0 Å². The van der Waals surface area contributed by atoms with Crippen molar-refractivity contribution in [1.29, 1.82) is 0 Å². The highest BCUT2D eigenvalue weighted by atomic mass is 32.3. The minimum Gasteiger partial charge on any atom is -0.505 e. The molecule has 25 nitrogen and oxygen atoms in total. The number of phenols is 1. The third-order valence-electron chi connectivity index (χ3n) is 7.41. The van der Waals surface area contributed by atoms with Crippen LogP contribution in [0.3, 0.4) is 0 Å². The molecule has 0 atom stereocenters. The predicted molar refractivity (Wildman–Crippen MR) is 208 cm³/mol. The Hall–Kier alpha value is -4.92. The number of fused-ring (bicyclic) bond motifs is 1. The maximum atomic E-state index is 12.8. The molecule has 10 N–H and O–H groups in total. The van der Waals surface area contributed by atoms with Crippen molar-refractivity contribution in [2.75, 3.05) is 38.2 Å². The van der Waals surface area contributed by atoms with Gasteiger partial charge in [-0.3, -0.25) is 23.1 Å². The van der Waals surface area contributed by atoms with Gasteiger partial charge in [-0.05, 0) is 77.7 Å². The van der Waals surface area contributed by atoms with E-state index < -0.39 is 105 Å². The maximum absolute atomic E-state index is 12.8. The Kier molecular flexibility index (Phi) is 15.8. The molecule has 0 bridgehead atoms. The van der Waals surface area contributed by atoms with Gasteiger partial charge in [-0.2, -0.15) is 38.8 Å². The van der Waals surface area contributed by atoms with Crippen LogP contribution >= 0.6 is 11.8 Å². The van der Waals surface area contributed by atoms with Crippen molar-refractivity contribution in [2.24, 2.45) is 20.5 Å². The van der Waals surface area contributed by atoms with Crippen LogP contribution in [-0.2, 0) is 59.8 Å². The summed E-state index contributed by atoms with van der Waals surface area (Å²) in [6, 6.07) is 8.60. The van der Waals surface area contributed by atoms with Crippen molar-refractivity contribution in [1.82, 2.24) is 4.90 Å². The lowest BCUT2D eigenvalue weighted by Gasteiger charge is -2.15. The second kappa shape index (κ2) is 19.2. The van der Waals surface area contributed by atoms with E-state index >= 15 is 0 Å². The number of hydrogen-bond donors (Lipinski definition) is 7. The molecule has 326 valence electrons. The van der Waals surface area contributed by atoms with Gasteiger partial charge < -0.3 is 26.3 Å². The summed E-state index contributed by atoms with van der Waals surface area (Å²) in [5.74, 6) is -1.54. The number of nitrogens with zero attached hydrogens (tertiary/aromatic N) is 5. The van der Waals surface area contributed by atoms with Gasteiger partial charge in [0.2, 0.25) is 0 Å². The smallest absolute Gasteiger partial charge is 0.433 e. The largest absolute Gasteiger partial charge is 0.505 e. The van der Waals surface area contributed by atoms with E-state index in [0.29, 0.717) is 23.9 Å². The van der Waals surface area contributed by atoms with Gasteiger partial charge in [-0.15, -0.1) is 15.3 Å². The Morgan fingerprint density at radius 3 is 1.92 bits per heavy atom. The fraction of sp³-hybridized carbons (Fsp3) is 0.172. The molecule has 0 fully saturated rings. The maximum Gasteiger partial charge on any atom is 0.433 e. The second-order valence-electron chi connectivity index (χ2n) is 11.5. The fourth-order valence-corrected chi connectivity index (χ4v) is 8.75. The highest BCUT2D eigenvalue weighted by Crippen LogP contribution is 2.48. The summed E-state index contributed by atoms with van der Waals surface area (Å²) >= 11 is 0.505. The zero-order valence-corrected chi connectivity index (χ0v) is 34.8. The third kappa shape index (κ3) is 12.8. The molecule has 4 aromatic rings. The summed E-state index contributed by atoms with van der Waals surface area (Å²) in [5, 5.41) is 35.8. The summed E-state index contributed by atoms with van der Waals surface area (Å²) in [4.78, 5) is 2.06. The Morgan fingerprint density at radius 2 is 1.35 bits per heavy atom. The van der Waals surface area contributed by atoms with E-state index in [2.05, 4.69) is 34.9 Å². The monoisotopic (exact) mass is 958 g/mol. The van der Waals surface area contributed by atoms with Gasteiger partial charge in [0.05, 0.1) is 34.0 Å². The van der Waals surface area contributed by atoms with E-state index in [9.17, 15) is 60.9 Å². The number of nitrogens with two attached hydrogens (primary N) is 1. The first-order chi connectivity index (χ1) is 27.2. The standard InChI is InChI=1S/C29H28N6O18S6.H2O/c1-35(8-10-36)9-13-55(38,39)19-5-2-17(3-6-19)31-34-28-25(58(46,47)48)15-20-23(56(40,41)42)16-22(27(30)26(20)29(28)37)33-32-21-7-4-18(14-24(21)57(43,44)45)54-12-11-52-53-59(49,50)51;/h2-7,14-16,36-37H,8-10,13,30H2,1H3,(H,40,41,42)(H,43,44,45)(H,46,47,48)(H,49,50,51);1H2. The Balaban J connectivity index is 0.00000961. The predicted octanol–water partition coefficient (Wildman–Crippen LogP) is 2.33. The molecule has 0 aliphatic heterocycles. The number of aliphatic hydroxyl groups is 1. The molecule has 0 aliphatic rings. The molecule has 0 unspecified atom stereocenters. The van der Waals surface area contributed by atoms with Crippen molar-refractivity contribution in [3.63, 3.8) is 0 Å². The SMILES string of the molecule is CN(CCO)CCS(=O)(=O)c1ccc(N=Nc2c(S(=O)(=O)O)cc3c(S(=O)(=O)O)cc(N=Nc4ccc(SC#COOS(=O)(=O)O)cc4S(=O)(=O)O)c(N)c3c2O)cc1.O. The molecule has 0 saturated carbocycles. The van der Waals surface area contributed by atoms with E-state index in [-0.39, 0.29) is 46.4 Å². The highest BCUT2D eigenvalue weighted by Gasteiger charge is 2.29. The summed E-state index contributed by atoms with van der Waals surface area (Å²) < 4.78 is 163. The number of aliphatic hydroxyl groups excluding tert-OH is 1. The van der Waals surface area contributed by atoms with E-state index in [1.54, 1.807) is 18.1 Å². The number of anilines is 1. The van der Waals surface area contributed by atoms with Gasteiger partial charge in [0, 0.05) is 28.6 Å². The molecule has 0 heterocycles. The van der Waals surface area contributed by atoms with E-state index in [1.807, 2.05) is 0 Å². The van der Waals surface area contributed by atoms with Crippen LogP contribution in [0.5, 0.6) is 5.75 Å². The Bertz CT molecular complexity index is 2990. The topological polar surface area (TPSA) is 421 Å². The minimum atomic E-state index is -5.37. The normalized spacial score (nSPS) is 12.8. The van der Waals surface area contributed by atoms with Crippen LogP contribution in [-0.4, -0.2) is 113 Å². The highest BCUT2D eigenvalue weighted by molar-refractivity contribution is 8.04. The number of azo groups is 2. The van der Waals surface area contributed by atoms with Gasteiger partial charge in [-0.25, -0.2) is 8.42 Å². The fourth-order valence-electron chi connectivity index (χ4n) is 4.71. The molecule has 0 aromatic heterocycles. The molecule has 0 aliphatic carbocycles. The van der Waals surface area contributed by atoms with Gasteiger partial charge >= 0.3 is 10.4 Å².